The van der Waals surface area contributed by atoms with E-state index in [1.807, 2.05) is 0 Å². The highest BCUT2D eigenvalue weighted by molar-refractivity contribution is 5.81. The number of fused-ring (bicyclic) bond motifs is 1. The SMILES string of the molecule is COCCCCn1nc(CNCCOC)c2ccccc21. The zero-order valence-electron chi connectivity index (χ0n) is 13.0. The summed E-state index contributed by atoms with van der Waals surface area (Å²) in [6, 6.07) is 8.41. The van der Waals surface area contributed by atoms with Gasteiger partial charge in [0.1, 0.15) is 0 Å². The Balaban J connectivity index is 2.03. The summed E-state index contributed by atoms with van der Waals surface area (Å²) >= 11 is 0. The third-order valence-electron chi connectivity index (χ3n) is 3.48. The van der Waals surface area contributed by atoms with E-state index in [-0.39, 0.29) is 0 Å². The smallest absolute Gasteiger partial charge is 0.0841 e. The molecule has 1 heterocycles. The Labute approximate surface area is 126 Å². The Kier molecular flexibility index (Phi) is 6.66. The van der Waals surface area contributed by atoms with Gasteiger partial charge in [0.15, 0.2) is 0 Å². The quantitative estimate of drug-likeness (QED) is 0.682. The second-order valence-corrected chi connectivity index (χ2v) is 5.06. The first-order chi connectivity index (χ1) is 10.4. The van der Waals surface area contributed by atoms with E-state index in [0.29, 0.717) is 0 Å². The van der Waals surface area contributed by atoms with Crippen LogP contribution in [0.25, 0.3) is 10.9 Å². The van der Waals surface area contributed by atoms with Crippen LogP contribution in [0.2, 0.25) is 0 Å². The van der Waals surface area contributed by atoms with Crippen molar-refractivity contribution in [2.75, 3.05) is 34.0 Å². The first kappa shape index (κ1) is 15.9. The molecule has 5 nitrogen and oxygen atoms in total. The summed E-state index contributed by atoms with van der Waals surface area (Å²) in [6.07, 6.45) is 2.14. The highest BCUT2D eigenvalue weighted by atomic mass is 16.5. The van der Waals surface area contributed by atoms with Crippen LogP contribution in [0.15, 0.2) is 24.3 Å². The molecule has 0 amide bonds. The number of unbranched alkanes of at least 4 members (excludes halogenated alkanes) is 1. The maximum atomic E-state index is 5.10. The highest BCUT2D eigenvalue weighted by Gasteiger charge is 2.09. The summed E-state index contributed by atoms with van der Waals surface area (Å²) in [4.78, 5) is 0. The molecule has 0 radical (unpaired) electrons. The third-order valence-corrected chi connectivity index (χ3v) is 3.48. The molecule has 0 unspecified atom stereocenters. The van der Waals surface area contributed by atoms with Crippen LogP contribution >= 0.6 is 0 Å². The Morgan fingerprint density at radius 3 is 2.71 bits per heavy atom. The molecule has 0 atom stereocenters. The lowest BCUT2D eigenvalue weighted by molar-refractivity contribution is 0.191. The van der Waals surface area contributed by atoms with Crippen molar-refractivity contribution in [3.05, 3.63) is 30.0 Å². The van der Waals surface area contributed by atoms with Gasteiger partial charge in [-0.2, -0.15) is 5.10 Å². The van der Waals surface area contributed by atoms with Gasteiger partial charge in [0.25, 0.3) is 0 Å². The molecular formula is C16H25N3O2. The molecule has 5 heteroatoms. The molecule has 2 rings (SSSR count). The molecule has 0 fully saturated rings. The van der Waals surface area contributed by atoms with E-state index in [4.69, 9.17) is 14.6 Å². The number of nitrogens with zero attached hydrogens (tertiary/aromatic N) is 2. The molecule has 21 heavy (non-hydrogen) atoms. The minimum absolute atomic E-state index is 0.718. The van der Waals surface area contributed by atoms with Gasteiger partial charge in [-0.25, -0.2) is 0 Å². The summed E-state index contributed by atoms with van der Waals surface area (Å²) < 4.78 is 12.3. The van der Waals surface area contributed by atoms with Crippen molar-refractivity contribution in [3.8, 4) is 0 Å². The fourth-order valence-electron chi connectivity index (χ4n) is 2.39. The third kappa shape index (κ3) is 4.52. The monoisotopic (exact) mass is 291 g/mol. The molecule has 116 valence electrons. The number of benzene rings is 1. The normalized spacial score (nSPS) is 11.3. The molecule has 0 bridgehead atoms. The van der Waals surface area contributed by atoms with Crippen LogP contribution < -0.4 is 5.32 Å². The summed E-state index contributed by atoms with van der Waals surface area (Å²) in [5.41, 5.74) is 2.31. The molecule has 0 aliphatic heterocycles. The summed E-state index contributed by atoms with van der Waals surface area (Å²) in [5.74, 6) is 0. The van der Waals surface area contributed by atoms with Gasteiger partial charge >= 0.3 is 0 Å². The van der Waals surface area contributed by atoms with Crippen molar-refractivity contribution in [1.82, 2.24) is 15.1 Å². The fourth-order valence-corrected chi connectivity index (χ4v) is 2.39. The Morgan fingerprint density at radius 2 is 1.90 bits per heavy atom. The second kappa shape index (κ2) is 8.77. The Bertz CT molecular complexity index is 493. The van der Waals surface area contributed by atoms with Crippen molar-refractivity contribution in [1.29, 1.82) is 0 Å². The van der Waals surface area contributed by atoms with E-state index in [1.54, 1.807) is 14.2 Å². The van der Waals surface area contributed by atoms with Crippen molar-refractivity contribution in [3.63, 3.8) is 0 Å². The van der Waals surface area contributed by atoms with Crippen LogP contribution in [0.3, 0.4) is 0 Å². The molecule has 0 saturated carbocycles. The van der Waals surface area contributed by atoms with E-state index in [1.165, 1.54) is 10.9 Å². The van der Waals surface area contributed by atoms with Crippen LogP contribution in [0.4, 0.5) is 0 Å². The number of methoxy groups -OCH3 is 2. The van der Waals surface area contributed by atoms with Gasteiger partial charge in [0.05, 0.1) is 17.8 Å². The van der Waals surface area contributed by atoms with Gasteiger partial charge in [-0.15, -0.1) is 0 Å². The maximum Gasteiger partial charge on any atom is 0.0841 e. The lowest BCUT2D eigenvalue weighted by Crippen LogP contribution is -2.19. The predicted molar refractivity (Wildman–Crippen MR) is 84.4 cm³/mol. The molecule has 0 spiro atoms. The van der Waals surface area contributed by atoms with Crippen molar-refractivity contribution in [2.45, 2.75) is 25.9 Å². The first-order valence-electron chi connectivity index (χ1n) is 7.50. The topological polar surface area (TPSA) is 48.3 Å². The number of hydrogen-bond acceptors (Lipinski definition) is 4. The maximum absolute atomic E-state index is 5.10. The largest absolute Gasteiger partial charge is 0.385 e. The number of aryl methyl sites for hydroxylation is 1. The molecule has 0 saturated heterocycles. The number of aromatic nitrogens is 2. The van der Waals surface area contributed by atoms with Gasteiger partial charge in [-0.3, -0.25) is 4.68 Å². The van der Waals surface area contributed by atoms with Gasteiger partial charge in [0.2, 0.25) is 0 Å². The zero-order valence-corrected chi connectivity index (χ0v) is 13.0. The summed E-state index contributed by atoms with van der Waals surface area (Å²) in [6.45, 7) is 4.07. The van der Waals surface area contributed by atoms with E-state index >= 15 is 0 Å². The van der Waals surface area contributed by atoms with Crippen LogP contribution in [0.5, 0.6) is 0 Å². The van der Waals surface area contributed by atoms with Crippen molar-refractivity contribution >= 4 is 10.9 Å². The molecule has 2 aromatic rings. The van der Waals surface area contributed by atoms with Gasteiger partial charge in [-0.05, 0) is 18.9 Å². The molecule has 0 aliphatic rings. The van der Waals surface area contributed by atoms with Crippen molar-refractivity contribution in [2.24, 2.45) is 0 Å². The van der Waals surface area contributed by atoms with Crippen LogP contribution in [0.1, 0.15) is 18.5 Å². The lowest BCUT2D eigenvalue weighted by Gasteiger charge is -2.03. The molecule has 1 N–H and O–H groups in total. The second-order valence-electron chi connectivity index (χ2n) is 5.06. The van der Waals surface area contributed by atoms with Crippen LogP contribution in [-0.4, -0.2) is 43.8 Å². The standard InChI is InChI=1S/C16H25N3O2/c1-20-11-6-5-10-19-16-8-4-3-7-14(16)15(18-19)13-17-9-12-21-2/h3-4,7-8,17H,5-6,9-13H2,1-2H3. The Hall–Kier alpha value is -1.43. The molecular weight excluding hydrogens is 266 g/mol. The minimum Gasteiger partial charge on any atom is -0.385 e. The number of rotatable bonds is 10. The predicted octanol–water partition coefficient (Wildman–Crippen LogP) is 2.20. The fraction of sp³-hybridized carbons (Fsp3) is 0.562. The minimum atomic E-state index is 0.718. The zero-order chi connectivity index (χ0) is 14.9. The number of ether oxygens (including phenoxy) is 2. The van der Waals surface area contributed by atoms with E-state index in [0.717, 1.165) is 51.4 Å². The average Bonchev–Trinajstić information content (AvgIpc) is 2.87. The summed E-state index contributed by atoms with van der Waals surface area (Å²) in [5, 5.41) is 9.35. The number of hydrogen-bond donors (Lipinski definition) is 1. The van der Waals surface area contributed by atoms with Crippen LogP contribution in [-0.2, 0) is 22.6 Å². The number of para-hydroxylation sites is 1. The highest BCUT2D eigenvalue weighted by Crippen LogP contribution is 2.18. The molecule has 1 aromatic heterocycles. The van der Waals surface area contributed by atoms with Gasteiger partial charge < -0.3 is 14.8 Å². The van der Waals surface area contributed by atoms with Gasteiger partial charge in [0, 0.05) is 45.8 Å². The van der Waals surface area contributed by atoms with Gasteiger partial charge in [-0.1, -0.05) is 18.2 Å². The molecule has 1 aromatic carbocycles. The van der Waals surface area contributed by atoms with E-state index < -0.39 is 0 Å². The lowest BCUT2D eigenvalue weighted by atomic mass is 10.2. The number of nitrogens with one attached hydrogen (secondary N) is 1. The van der Waals surface area contributed by atoms with Crippen molar-refractivity contribution < 1.29 is 9.47 Å². The molecule has 0 aliphatic carbocycles. The van der Waals surface area contributed by atoms with Crippen LogP contribution in [0, 0.1) is 0 Å². The summed E-state index contributed by atoms with van der Waals surface area (Å²) in [7, 11) is 3.46. The Morgan fingerprint density at radius 1 is 1.10 bits per heavy atom. The first-order valence-corrected chi connectivity index (χ1v) is 7.50. The van der Waals surface area contributed by atoms with E-state index in [2.05, 4.69) is 34.3 Å². The average molecular weight is 291 g/mol. The van der Waals surface area contributed by atoms with E-state index in [9.17, 15) is 0 Å².